The maximum Gasteiger partial charge on any atom is 0.164 e. The van der Waals surface area contributed by atoms with Crippen molar-refractivity contribution < 1.29 is 4.42 Å². The molecule has 8 rings (SSSR count). The van der Waals surface area contributed by atoms with Crippen LogP contribution in [0.5, 0.6) is 0 Å². The molecule has 0 spiro atoms. The van der Waals surface area contributed by atoms with E-state index in [1.54, 1.807) is 0 Å². The minimum atomic E-state index is 0.583. The Bertz CT molecular complexity index is 2500. The molecule has 0 unspecified atom stereocenters. The SMILES string of the molecule is C/C=c1\c(=C(/C)c2nc(-c3ccccc3)nc(-c3ccc4ccccc4c3)n2)oc2c(-c3ccccc3)c3ccccc3cc12. The average molecular weight is 580 g/mol. The van der Waals surface area contributed by atoms with Crippen molar-refractivity contribution in [2.24, 2.45) is 0 Å². The molecule has 6 aromatic carbocycles. The van der Waals surface area contributed by atoms with Crippen molar-refractivity contribution in [3.63, 3.8) is 0 Å². The average Bonchev–Trinajstić information content (AvgIpc) is 3.48. The molecule has 4 nitrogen and oxygen atoms in total. The van der Waals surface area contributed by atoms with E-state index in [0.29, 0.717) is 17.5 Å². The van der Waals surface area contributed by atoms with E-state index in [1.807, 2.05) is 43.3 Å². The third kappa shape index (κ3) is 4.68. The van der Waals surface area contributed by atoms with Gasteiger partial charge in [-0.05, 0) is 53.1 Å². The summed E-state index contributed by atoms with van der Waals surface area (Å²) in [5, 5.41) is 6.73. The van der Waals surface area contributed by atoms with E-state index in [-0.39, 0.29) is 0 Å². The smallest absolute Gasteiger partial charge is 0.164 e. The first-order valence-electron chi connectivity index (χ1n) is 15.2. The summed E-state index contributed by atoms with van der Waals surface area (Å²) in [6.45, 7) is 4.10. The van der Waals surface area contributed by atoms with E-state index in [2.05, 4.69) is 110 Å². The highest BCUT2D eigenvalue weighted by Crippen LogP contribution is 2.35. The number of hydrogen-bond donors (Lipinski definition) is 0. The Morgan fingerprint density at radius 3 is 1.91 bits per heavy atom. The third-order valence-corrected chi connectivity index (χ3v) is 8.44. The van der Waals surface area contributed by atoms with Crippen LogP contribution in [0, 0.1) is 0 Å². The van der Waals surface area contributed by atoms with Crippen molar-refractivity contribution in [3.8, 4) is 33.9 Å². The van der Waals surface area contributed by atoms with Gasteiger partial charge in [0.1, 0.15) is 11.0 Å². The summed E-state index contributed by atoms with van der Waals surface area (Å²) < 4.78 is 6.88. The third-order valence-electron chi connectivity index (χ3n) is 8.44. The van der Waals surface area contributed by atoms with Crippen LogP contribution in [0.4, 0.5) is 0 Å². The number of benzene rings is 6. The van der Waals surface area contributed by atoms with Gasteiger partial charge in [0, 0.05) is 32.9 Å². The molecule has 8 aromatic rings. The lowest BCUT2D eigenvalue weighted by Crippen LogP contribution is -2.23. The Morgan fingerprint density at radius 1 is 0.556 bits per heavy atom. The lowest BCUT2D eigenvalue weighted by atomic mass is 9.95. The van der Waals surface area contributed by atoms with Crippen molar-refractivity contribution in [1.82, 2.24) is 15.0 Å². The molecule has 0 saturated heterocycles. The number of aromatic nitrogens is 3. The van der Waals surface area contributed by atoms with Crippen LogP contribution in [0.15, 0.2) is 138 Å². The fourth-order valence-corrected chi connectivity index (χ4v) is 6.19. The van der Waals surface area contributed by atoms with E-state index in [4.69, 9.17) is 19.4 Å². The van der Waals surface area contributed by atoms with Gasteiger partial charge in [-0.25, -0.2) is 15.0 Å². The van der Waals surface area contributed by atoms with Gasteiger partial charge in [0.15, 0.2) is 17.5 Å². The first kappa shape index (κ1) is 26.7. The summed E-state index contributed by atoms with van der Waals surface area (Å²) in [5.74, 6) is 1.83. The maximum absolute atomic E-state index is 6.88. The van der Waals surface area contributed by atoms with Crippen LogP contribution in [-0.4, -0.2) is 15.0 Å². The van der Waals surface area contributed by atoms with Gasteiger partial charge in [-0.3, -0.25) is 0 Å². The maximum atomic E-state index is 6.88. The van der Waals surface area contributed by atoms with Gasteiger partial charge in [-0.15, -0.1) is 0 Å². The highest BCUT2D eigenvalue weighted by molar-refractivity contribution is 6.10. The highest BCUT2D eigenvalue weighted by Gasteiger charge is 2.18. The molecule has 0 radical (unpaired) electrons. The summed E-state index contributed by atoms with van der Waals surface area (Å²) in [5.41, 5.74) is 6.54. The minimum Gasteiger partial charge on any atom is -0.455 e. The van der Waals surface area contributed by atoms with Crippen molar-refractivity contribution in [1.29, 1.82) is 0 Å². The van der Waals surface area contributed by atoms with Gasteiger partial charge in [0.05, 0.1) is 0 Å². The molecule has 0 saturated carbocycles. The fraction of sp³-hybridized carbons (Fsp3) is 0.0488. The Balaban J connectivity index is 1.43. The molecule has 214 valence electrons. The zero-order valence-corrected chi connectivity index (χ0v) is 25.0. The van der Waals surface area contributed by atoms with Gasteiger partial charge in [-0.2, -0.15) is 0 Å². The zero-order valence-electron chi connectivity index (χ0n) is 25.0. The molecular weight excluding hydrogens is 550 g/mol. The predicted octanol–water partition coefficient (Wildman–Crippen LogP) is 8.94. The molecular formula is C41H29N3O. The predicted molar refractivity (Wildman–Crippen MR) is 185 cm³/mol. The molecule has 0 bridgehead atoms. The van der Waals surface area contributed by atoms with E-state index in [9.17, 15) is 0 Å². The molecule has 0 amide bonds. The Hall–Kier alpha value is -5.87. The number of furan rings is 1. The van der Waals surface area contributed by atoms with Gasteiger partial charge >= 0.3 is 0 Å². The van der Waals surface area contributed by atoms with Gasteiger partial charge in [-0.1, -0.05) is 127 Å². The molecule has 0 atom stereocenters. The van der Waals surface area contributed by atoms with Crippen molar-refractivity contribution in [2.75, 3.05) is 0 Å². The molecule has 0 aliphatic heterocycles. The van der Waals surface area contributed by atoms with Gasteiger partial charge < -0.3 is 4.42 Å². The summed E-state index contributed by atoms with van der Waals surface area (Å²) in [7, 11) is 0. The lowest BCUT2D eigenvalue weighted by Gasteiger charge is -2.09. The first-order chi connectivity index (χ1) is 22.2. The second-order valence-electron chi connectivity index (χ2n) is 11.2. The summed E-state index contributed by atoms with van der Waals surface area (Å²) >= 11 is 0. The standard InChI is InChI=1S/C41H29N3O/c1-3-33-35-25-31-20-12-13-21-34(31)36(28-15-6-4-7-16-28)38(35)45-37(33)26(2)39-42-40(29-17-8-5-9-18-29)44-41(43-39)32-23-22-27-14-10-11-19-30(27)24-32/h3-25H,1-2H3/b33-3-,37-26-. The molecule has 0 aliphatic rings. The Kier molecular flexibility index (Phi) is 6.54. The van der Waals surface area contributed by atoms with Crippen molar-refractivity contribution in [3.05, 3.63) is 150 Å². The van der Waals surface area contributed by atoms with Crippen molar-refractivity contribution in [2.45, 2.75) is 13.8 Å². The molecule has 0 aliphatic carbocycles. The molecule has 4 heteroatoms. The number of nitrogens with zero attached hydrogens (tertiary/aromatic N) is 3. The van der Waals surface area contributed by atoms with Gasteiger partial charge in [0.25, 0.3) is 0 Å². The second-order valence-corrected chi connectivity index (χ2v) is 11.2. The van der Waals surface area contributed by atoms with Crippen LogP contribution < -0.4 is 10.6 Å². The van der Waals surface area contributed by atoms with Gasteiger partial charge in [0.2, 0.25) is 0 Å². The zero-order chi connectivity index (χ0) is 30.3. The molecule has 0 N–H and O–H groups in total. The molecule has 0 fully saturated rings. The summed E-state index contributed by atoms with van der Waals surface area (Å²) in [4.78, 5) is 15.0. The van der Waals surface area contributed by atoms with E-state index in [0.717, 1.165) is 60.2 Å². The van der Waals surface area contributed by atoms with Crippen LogP contribution in [0.1, 0.15) is 19.7 Å². The second kappa shape index (κ2) is 11.0. The quantitative estimate of drug-likeness (QED) is 0.209. The van der Waals surface area contributed by atoms with Crippen LogP contribution in [-0.2, 0) is 0 Å². The molecule has 45 heavy (non-hydrogen) atoms. The number of hydrogen-bond acceptors (Lipinski definition) is 4. The van der Waals surface area contributed by atoms with Crippen LogP contribution >= 0.6 is 0 Å². The molecule has 2 aromatic heterocycles. The Morgan fingerprint density at radius 2 is 1.18 bits per heavy atom. The van der Waals surface area contributed by atoms with E-state index < -0.39 is 0 Å². The summed E-state index contributed by atoms with van der Waals surface area (Å²) in [6.07, 6.45) is 2.12. The summed E-state index contributed by atoms with van der Waals surface area (Å²) in [6, 6.07) is 45.9. The lowest BCUT2D eigenvalue weighted by molar-refractivity contribution is 0.572. The monoisotopic (exact) mass is 579 g/mol. The normalized spacial score (nSPS) is 12.7. The number of fused-ring (bicyclic) bond motifs is 3. The minimum absolute atomic E-state index is 0.583. The topological polar surface area (TPSA) is 51.8 Å². The van der Waals surface area contributed by atoms with E-state index in [1.165, 1.54) is 10.8 Å². The number of rotatable bonds is 4. The molecule has 2 heterocycles. The van der Waals surface area contributed by atoms with Crippen molar-refractivity contribution >= 4 is 44.2 Å². The highest BCUT2D eigenvalue weighted by atomic mass is 16.3. The fourth-order valence-electron chi connectivity index (χ4n) is 6.19. The van der Waals surface area contributed by atoms with Crippen LogP contribution in [0.3, 0.4) is 0 Å². The van der Waals surface area contributed by atoms with Crippen LogP contribution in [0.2, 0.25) is 0 Å². The first-order valence-corrected chi connectivity index (χ1v) is 15.2. The Labute approximate surface area is 260 Å². The van der Waals surface area contributed by atoms with Crippen LogP contribution in [0.25, 0.3) is 78.1 Å². The van der Waals surface area contributed by atoms with E-state index >= 15 is 0 Å². The largest absolute Gasteiger partial charge is 0.455 e.